The molecule has 1 amide bonds. The number of hydrogen-bond acceptors (Lipinski definition) is 3. The summed E-state index contributed by atoms with van der Waals surface area (Å²) in [6.07, 6.45) is 0.818. The van der Waals surface area contributed by atoms with Crippen LogP contribution in [0.5, 0.6) is 0 Å². The third-order valence-corrected chi connectivity index (χ3v) is 4.13. The summed E-state index contributed by atoms with van der Waals surface area (Å²) in [5.41, 5.74) is 2.39. The summed E-state index contributed by atoms with van der Waals surface area (Å²) in [7, 11) is 0. The van der Waals surface area contributed by atoms with E-state index in [4.69, 9.17) is 0 Å². The molecule has 0 radical (unpaired) electrons. The van der Waals surface area contributed by atoms with Gasteiger partial charge in [-0.15, -0.1) is 0 Å². The van der Waals surface area contributed by atoms with E-state index in [-0.39, 0.29) is 11.9 Å². The normalized spacial score (nSPS) is 19.1. The summed E-state index contributed by atoms with van der Waals surface area (Å²) < 4.78 is 1.05. The van der Waals surface area contributed by atoms with Gasteiger partial charge in [-0.2, -0.15) is 0 Å². The van der Waals surface area contributed by atoms with Crippen LogP contribution in [-0.2, 0) is 11.3 Å². The predicted octanol–water partition coefficient (Wildman–Crippen LogP) is 2.27. The highest BCUT2D eigenvalue weighted by Gasteiger charge is 2.29. The van der Waals surface area contributed by atoms with Crippen LogP contribution in [0, 0.1) is 0 Å². The number of benzene rings is 1. The molecule has 0 saturated carbocycles. The molecule has 5 heteroatoms. The number of amides is 1. The van der Waals surface area contributed by atoms with Crippen LogP contribution in [0.25, 0.3) is 0 Å². The number of nitrogens with zero attached hydrogens (tertiary/aromatic N) is 1. The number of hydrogen-bond donors (Lipinski definition) is 2. The molecule has 1 fully saturated rings. The van der Waals surface area contributed by atoms with Crippen LogP contribution in [0.2, 0.25) is 0 Å². The van der Waals surface area contributed by atoms with Crippen LogP contribution < -0.4 is 15.5 Å². The van der Waals surface area contributed by atoms with Gasteiger partial charge in [-0.1, -0.05) is 35.8 Å². The Balaban J connectivity index is 2.33. The molecule has 1 aliphatic heterocycles. The average Bonchev–Trinajstić information content (AvgIpc) is 2.45. The molecule has 1 aromatic rings. The van der Waals surface area contributed by atoms with E-state index in [0.29, 0.717) is 6.54 Å². The molecule has 0 aromatic heterocycles. The SMILES string of the molecule is CCNCc1ccc(Br)cc1N1CCNC(=O)C1CC. The Morgan fingerprint density at radius 1 is 1.45 bits per heavy atom. The molecule has 0 bridgehead atoms. The second-order valence-electron chi connectivity index (χ2n) is 4.96. The molecule has 1 saturated heterocycles. The molecule has 1 heterocycles. The van der Waals surface area contributed by atoms with E-state index in [9.17, 15) is 4.79 Å². The van der Waals surface area contributed by atoms with Crippen LogP contribution in [0.15, 0.2) is 22.7 Å². The van der Waals surface area contributed by atoms with Gasteiger partial charge in [0.05, 0.1) is 0 Å². The highest BCUT2D eigenvalue weighted by Crippen LogP contribution is 2.28. The number of carbonyl (C=O) groups is 1. The highest BCUT2D eigenvalue weighted by molar-refractivity contribution is 9.10. The van der Waals surface area contributed by atoms with Gasteiger partial charge in [0.15, 0.2) is 0 Å². The molecule has 2 rings (SSSR count). The number of carbonyl (C=O) groups excluding carboxylic acids is 1. The molecule has 0 aliphatic carbocycles. The lowest BCUT2D eigenvalue weighted by Crippen LogP contribution is -2.55. The number of rotatable bonds is 5. The monoisotopic (exact) mass is 339 g/mol. The summed E-state index contributed by atoms with van der Waals surface area (Å²) in [6.45, 7) is 7.50. The maximum atomic E-state index is 12.0. The van der Waals surface area contributed by atoms with Crippen molar-refractivity contribution in [3.05, 3.63) is 28.2 Å². The number of piperazine rings is 1. The molecule has 1 unspecified atom stereocenters. The van der Waals surface area contributed by atoms with E-state index in [1.807, 2.05) is 0 Å². The second kappa shape index (κ2) is 7.09. The van der Waals surface area contributed by atoms with Gasteiger partial charge < -0.3 is 15.5 Å². The first-order valence-electron chi connectivity index (χ1n) is 7.20. The smallest absolute Gasteiger partial charge is 0.242 e. The molecule has 0 spiro atoms. The number of halogens is 1. The summed E-state index contributed by atoms with van der Waals surface area (Å²) in [5, 5.41) is 6.32. The average molecular weight is 340 g/mol. The van der Waals surface area contributed by atoms with Crippen molar-refractivity contribution in [3.8, 4) is 0 Å². The maximum absolute atomic E-state index is 12.0. The first kappa shape index (κ1) is 15.3. The van der Waals surface area contributed by atoms with Crippen molar-refractivity contribution in [2.45, 2.75) is 32.9 Å². The summed E-state index contributed by atoms with van der Waals surface area (Å²) in [6, 6.07) is 6.23. The minimum atomic E-state index is -0.0709. The van der Waals surface area contributed by atoms with Crippen LogP contribution >= 0.6 is 15.9 Å². The Morgan fingerprint density at radius 3 is 2.95 bits per heavy atom. The van der Waals surface area contributed by atoms with Gasteiger partial charge in [0.25, 0.3) is 0 Å². The Bertz CT molecular complexity index is 478. The quantitative estimate of drug-likeness (QED) is 0.864. The topological polar surface area (TPSA) is 44.4 Å². The van der Waals surface area contributed by atoms with Gasteiger partial charge >= 0.3 is 0 Å². The Kier molecular flexibility index (Phi) is 5.43. The highest BCUT2D eigenvalue weighted by atomic mass is 79.9. The van der Waals surface area contributed by atoms with Crippen molar-refractivity contribution >= 4 is 27.5 Å². The molecule has 110 valence electrons. The van der Waals surface area contributed by atoms with Gasteiger partial charge in [-0.05, 0) is 30.7 Å². The Hall–Kier alpha value is -1.07. The molecule has 20 heavy (non-hydrogen) atoms. The third-order valence-electron chi connectivity index (χ3n) is 3.64. The van der Waals surface area contributed by atoms with Crippen molar-refractivity contribution in [1.29, 1.82) is 0 Å². The van der Waals surface area contributed by atoms with E-state index in [1.165, 1.54) is 5.56 Å². The van der Waals surface area contributed by atoms with E-state index < -0.39 is 0 Å². The molecule has 1 atom stereocenters. The fourth-order valence-corrected chi connectivity index (χ4v) is 2.97. The molecular formula is C15H22BrN3O. The van der Waals surface area contributed by atoms with Gasteiger partial charge in [0.1, 0.15) is 6.04 Å². The van der Waals surface area contributed by atoms with Crippen LogP contribution in [0.1, 0.15) is 25.8 Å². The molecule has 2 N–H and O–H groups in total. The zero-order chi connectivity index (χ0) is 14.5. The lowest BCUT2D eigenvalue weighted by atomic mass is 10.1. The van der Waals surface area contributed by atoms with E-state index in [2.05, 4.69) is 63.5 Å². The molecule has 1 aliphatic rings. The van der Waals surface area contributed by atoms with Crippen molar-refractivity contribution in [2.24, 2.45) is 0 Å². The minimum Gasteiger partial charge on any atom is -0.357 e. The summed E-state index contributed by atoms with van der Waals surface area (Å²) in [5.74, 6) is 0.133. The van der Waals surface area contributed by atoms with Gasteiger partial charge in [-0.25, -0.2) is 0 Å². The van der Waals surface area contributed by atoms with Crippen molar-refractivity contribution in [3.63, 3.8) is 0 Å². The van der Waals surface area contributed by atoms with Crippen molar-refractivity contribution in [2.75, 3.05) is 24.5 Å². The minimum absolute atomic E-state index is 0.0709. The Labute approximate surface area is 129 Å². The maximum Gasteiger partial charge on any atom is 0.242 e. The first-order valence-corrected chi connectivity index (χ1v) is 8.00. The number of nitrogens with one attached hydrogen (secondary N) is 2. The number of anilines is 1. The second-order valence-corrected chi connectivity index (χ2v) is 5.88. The lowest BCUT2D eigenvalue weighted by molar-refractivity contribution is -0.123. The van der Waals surface area contributed by atoms with Crippen molar-refractivity contribution < 1.29 is 4.79 Å². The molecular weight excluding hydrogens is 318 g/mol. The summed E-state index contributed by atoms with van der Waals surface area (Å²) in [4.78, 5) is 14.3. The van der Waals surface area contributed by atoms with Gasteiger partial charge in [0.2, 0.25) is 5.91 Å². The fourth-order valence-electron chi connectivity index (χ4n) is 2.62. The third kappa shape index (κ3) is 3.33. The van der Waals surface area contributed by atoms with Gasteiger partial charge in [-0.3, -0.25) is 4.79 Å². The zero-order valence-electron chi connectivity index (χ0n) is 12.1. The van der Waals surface area contributed by atoms with Crippen LogP contribution in [-0.4, -0.2) is 31.6 Å². The lowest BCUT2D eigenvalue weighted by Gasteiger charge is -2.37. The van der Waals surface area contributed by atoms with Crippen LogP contribution in [0.3, 0.4) is 0 Å². The fraction of sp³-hybridized carbons (Fsp3) is 0.533. The zero-order valence-corrected chi connectivity index (χ0v) is 13.7. The van der Waals surface area contributed by atoms with E-state index >= 15 is 0 Å². The molecule has 4 nitrogen and oxygen atoms in total. The Morgan fingerprint density at radius 2 is 2.25 bits per heavy atom. The van der Waals surface area contributed by atoms with E-state index in [0.717, 1.165) is 36.2 Å². The molecule has 1 aromatic carbocycles. The van der Waals surface area contributed by atoms with Crippen LogP contribution in [0.4, 0.5) is 5.69 Å². The predicted molar refractivity (Wildman–Crippen MR) is 86.0 cm³/mol. The standard InChI is InChI=1S/C15H22BrN3O/c1-3-13-15(20)18-7-8-19(13)14-9-12(16)6-5-11(14)10-17-4-2/h5-6,9,13,17H,3-4,7-8,10H2,1-2H3,(H,18,20). The summed E-state index contributed by atoms with van der Waals surface area (Å²) >= 11 is 3.54. The van der Waals surface area contributed by atoms with Crippen molar-refractivity contribution in [1.82, 2.24) is 10.6 Å². The first-order chi connectivity index (χ1) is 9.67. The van der Waals surface area contributed by atoms with Gasteiger partial charge in [0, 0.05) is 29.8 Å². The van der Waals surface area contributed by atoms with E-state index in [1.54, 1.807) is 0 Å². The largest absolute Gasteiger partial charge is 0.357 e.